The number of piperidine rings is 1. The van der Waals surface area contributed by atoms with Gasteiger partial charge in [-0.2, -0.15) is 0 Å². The number of ether oxygens (including phenoxy) is 1. The second kappa shape index (κ2) is 5.01. The molecule has 0 aromatic carbocycles. The molecule has 3 rings (SSSR count). The Balaban J connectivity index is 1.64. The maximum Gasteiger partial charge on any atom is 0.0472 e. The van der Waals surface area contributed by atoms with Crippen LogP contribution >= 0.6 is 0 Å². The quantitative estimate of drug-likeness (QED) is 0.834. The van der Waals surface area contributed by atoms with E-state index in [1.165, 1.54) is 51.6 Å². The first-order valence-electron chi connectivity index (χ1n) is 8.17. The van der Waals surface area contributed by atoms with Crippen LogP contribution in [0.3, 0.4) is 0 Å². The minimum Gasteiger partial charge on any atom is -0.381 e. The number of nitrogens with two attached hydrogens (primary N) is 1. The van der Waals surface area contributed by atoms with Crippen LogP contribution in [0.5, 0.6) is 0 Å². The van der Waals surface area contributed by atoms with Gasteiger partial charge in [0.1, 0.15) is 0 Å². The van der Waals surface area contributed by atoms with Gasteiger partial charge >= 0.3 is 0 Å². The molecule has 0 bridgehead atoms. The minimum absolute atomic E-state index is 0.387. The fourth-order valence-corrected chi connectivity index (χ4v) is 4.49. The van der Waals surface area contributed by atoms with Crippen molar-refractivity contribution < 1.29 is 4.74 Å². The minimum atomic E-state index is 0.387. The van der Waals surface area contributed by atoms with E-state index < -0.39 is 0 Å². The predicted molar refractivity (Wildman–Crippen MR) is 78.1 cm³/mol. The first kappa shape index (κ1) is 13.8. The summed E-state index contributed by atoms with van der Waals surface area (Å²) in [5.74, 6) is 0. The smallest absolute Gasteiger partial charge is 0.0472 e. The van der Waals surface area contributed by atoms with E-state index in [1.54, 1.807) is 0 Å². The summed E-state index contributed by atoms with van der Waals surface area (Å²) in [6, 6.07) is 1.16. The molecule has 2 heterocycles. The summed E-state index contributed by atoms with van der Waals surface area (Å²) in [4.78, 5) is 2.76. The van der Waals surface area contributed by atoms with Crippen molar-refractivity contribution in [2.24, 2.45) is 16.6 Å². The molecule has 3 fully saturated rings. The van der Waals surface area contributed by atoms with Crippen molar-refractivity contribution in [3.63, 3.8) is 0 Å². The van der Waals surface area contributed by atoms with Gasteiger partial charge in [-0.05, 0) is 50.6 Å². The van der Waals surface area contributed by atoms with E-state index in [2.05, 4.69) is 18.7 Å². The molecule has 2 saturated heterocycles. The maximum atomic E-state index is 6.38. The molecule has 1 saturated carbocycles. The van der Waals surface area contributed by atoms with Gasteiger partial charge in [-0.3, -0.25) is 4.90 Å². The molecular weight excluding hydrogens is 236 g/mol. The van der Waals surface area contributed by atoms with Crippen molar-refractivity contribution in [3.8, 4) is 0 Å². The molecule has 2 N–H and O–H groups in total. The fraction of sp³-hybridized carbons (Fsp3) is 1.00. The molecule has 2 aliphatic heterocycles. The Bertz CT molecular complexity index is 317. The number of rotatable bonds is 2. The van der Waals surface area contributed by atoms with Crippen LogP contribution in [-0.4, -0.2) is 43.3 Å². The number of likely N-dealkylation sites (tertiary alicyclic amines) is 1. The largest absolute Gasteiger partial charge is 0.381 e. The Labute approximate surface area is 117 Å². The highest BCUT2D eigenvalue weighted by atomic mass is 16.5. The summed E-state index contributed by atoms with van der Waals surface area (Å²) in [5, 5.41) is 0. The third kappa shape index (κ3) is 2.24. The van der Waals surface area contributed by atoms with Gasteiger partial charge in [0.2, 0.25) is 0 Å². The van der Waals surface area contributed by atoms with Crippen LogP contribution in [0.15, 0.2) is 0 Å². The molecule has 3 aliphatic rings. The van der Waals surface area contributed by atoms with Crippen LogP contribution in [0, 0.1) is 10.8 Å². The van der Waals surface area contributed by atoms with E-state index in [4.69, 9.17) is 10.5 Å². The lowest BCUT2D eigenvalue weighted by Crippen LogP contribution is -2.69. The molecule has 110 valence electrons. The first-order valence-corrected chi connectivity index (χ1v) is 8.17. The van der Waals surface area contributed by atoms with Crippen molar-refractivity contribution >= 4 is 0 Å². The van der Waals surface area contributed by atoms with Crippen LogP contribution in [0.25, 0.3) is 0 Å². The highest BCUT2D eigenvalue weighted by Crippen LogP contribution is 2.51. The molecule has 19 heavy (non-hydrogen) atoms. The Morgan fingerprint density at radius 3 is 2.32 bits per heavy atom. The summed E-state index contributed by atoms with van der Waals surface area (Å²) in [5.41, 5.74) is 7.36. The van der Waals surface area contributed by atoms with Crippen molar-refractivity contribution in [1.29, 1.82) is 0 Å². The molecule has 2 unspecified atom stereocenters. The molecule has 3 heteroatoms. The molecule has 3 nitrogen and oxygen atoms in total. The summed E-state index contributed by atoms with van der Waals surface area (Å²) in [6.07, 6.45) is 7.62. The highest BCUT2D eigenvalue weighted by molar-refractivity contribution is 5.11. The normalized spacial score (nSPS) is 38.1. The van der Waals surface area contributed by atoms with Gasteiger partial charge in [-0.1, -0.05) is 20.3 Å². The van der Waals surface area contributed by atoms with Crippen molar-refractivity contribution in [1.82, 2.24) is 4.90 Å². The van der Waals surface area contributed by atoms with E-state index in [9.17, 15) is 0 Å². The zero-order valence-corrected chi connectivity index (χ0v) is 12.7. The van der Waals surface area contributed by atoms with Crippen LogP contribution in [0.1, 0.15) is 52.4 Å². The van der Waals surface area contributed by atoms with E-state index >= 15 is 0 Å². The first-order chi connectivity index (χ1) is 9.10. The van der Waals surface area contributed by atoms with Crippen molar-refractivity contribution in [3.05, 3.63) is 0 Å². The second-order valence-corrected chi connectivity index (χ2v) is 7.40. The zero-order chi connectivity index (χ0) is 13.5. The van der Waals surface area contributed by atoms with Gasteiger partial charge in [0.25, 0.3) is 0 Å². The topological polar surface area (TPSA) is 38.5 Å². The molecule has 0 amide bonds. The lowest BCUT2D eigenvalue weighted by Gasteiger charge is -2.61. The molecule has 2 atom stereocenters. The Hall–Kier alpha value is -0.120. The molecule has 0 aromatic rings. The summed E-state index contributed by atoms with van der Waals surface area (Å²) in [6.45, 7) is 9.21. The highest BCUT2D eigenvalue weighted by Gasteiger charge is 2.56. The SMILES string of the molecule is CCC1(C)CCN(C2CC(N)C23CCOCC3)CC1. The van der Waals surface area contributed by atoms with Gasteiger partial charge in [-0.15, -0.1) is 0 Å². The number of nitrogens with zero attached hydrogens (tertiary/aromatic N) is 1. The lowest BCUT2D eigenvalue weighted by atomic mass is 9.55. The predicted octanol–water partition coefficient (Wildman–Crippen LogP) is 2.39. The Morgan fingerprint density at radius 2 is 1.79 bits per heavy atom. The molecular formula is C16H30N2O. The monoisotopic (exact) mass is 266 g/mol. The van der Waals surface area contributed by atoms with Crippen LogP contribution in [0.2, 0.25) is 0 Å². The molecule has 0 aromatic heterocycles. The third-order valence-electron chi connectivity index (χ3n) is 6.60. The standard InChI is InChI=1S/C16H30N2O/c1-3-15(2)4-8-18(9-5-15)14-12-13(17)16(14)6-10-19-11-7-16/h13-14H,3-12,17H2,1-2H3. The van der Waals surface area contributed by atoms with Gasteiger partial charge < -0.3 is 10.5 Å². The second-order valence-electron chi connectivity index (χ2n) is 7.40. The molecule has 1 spiro atoms. The van der Waals surface area contributed by atoms with Gasteiger partial charge in [0, 0.05) is 30.7 Å². The molecule has 0 radical (unpaired) electrons. The van der Waals surface area contributed by atoms with E-state index in [0.29, 0.717) is 16.9 Å². The third-order valence-corrected chi connectivity index (χ3v) is 6.60. The summed E-state index contributed by atoms with van der Waals surface area (Å²) < 4.78 is 5.56. The van der Waals surface area contributed by atoms with Crippen LogP contribution < -0.4 is 5.73 Å². The van der Waals surface area contributed by atoms with Crippen LogP contribution in [-0.2, 0) is 4.74 Å². The average molecular weight is 266 g/mol. The average Bonchev–Trinajstić information content (AvgIpc) is 2.47. The lowest BCUT2D eigenvalue weighted by molar-refractivity contribution is -0.123. The van der Waals surface area contributed by atoms with Crippen molar-refractivity contribution in [2.45, 2.75) is 64.5 Å². The maximum absolute atomic E-state index is 6.38. The number of hydrogen-bond donors (Lipinski definition) is 1. The van der Waals surface area contributed by atoms with E-state index in [-0.39, 0.29) is 0 Å². The fourth-order valence-electron chi connectivity index (χ4n) is 4.49. The Kier molecular flexibility index (Phi) is 3.65. The van der Waals surface area contributed by atoms with Crippen molar-refractivity contribution in [2.75, 3.05) is 26.3 Å². The van der Waals surface area contributed by atoms with Gasteiger partial charge in [0.05, 0.1) is 0 Å². The zero-order valence-electron chi connectivity index (χ0n) is 12.7. The molecule has 1 aliphatic carbocycles. The van der Waals surface area contributed by atoms with Gasteiger partial charge in [-0.25, -0.2) is 0 Å². The van der Waals surface area contributed by atoms with E-state index in [1.807, 2.05) is 0 Å². The Morgan fingerprint density at radius 1 is 1.16 bits per heavy atom. The summed E-state index contributed by atoms with van der Waals surface area (Å²) >= 11 is 0. The van der Waals surface area contributed by atoms with E-state index in [0.717, 1.165) is 19.3 Å². The number of hydrogen-bond acceptors (Lipinski definition) is 3. The summed E-state index contributed by atoms with van der Waals surface area (Å²) in [7, 11) is 0. The van der Waals surface area contributed by atoms with Crippen LogP contribution in [0.4, 0.5) is 0 Å². The van der Waals surface area contributed by atoms with Gasteiger partial charge in [0.15, 0.2) is 0 Å².